The zero-order chi connectivity index (χ0) is 17.0. The summed E-state index contributed by atoms with van der Waals surface area (Å²) in [5.41, 5.74) is 1.78. The third-order valence-corrected chi connectivity index (χ3v) is 5.94. The van der Waals surface area contributed by atoms with E-state index in [1.54, 1.807) is 29.9 Å². The van der Waals surface area contributed by atoms with E-state index in [1.807, 2.05) is 22.8 Å². The van der Waals surface area contributed by atoms with Gasteiger partial charge in [0.05, 0.1) is 43.2 Å². The summed E-state index contributed by atoms with van der Waals surface area (Å²) in [6.07, 6.45) is 5.22. The molecule has 1 atom stereocenters. The fraction of sp³-hybridized carbons (Fsp3) is 0.500. The second-order valence-corrected chi connectivity index (χ2v) is 8.19. The average molecular weight is 350 g/mol. The summed E-state index contributed by atoms with van der Waals surface area (Å²) in [6.45, 7) is 4.10. The van der Waals surface area contributed by atoms with Crippen molar-refractivity contribution >= 4 is 10.0 Å². The van der Waals surface area contributed by atoms with E-state index in [1.165, 1.54) is 0 Å². The molecule has 0 unspecified atom stereocenters. The second-order valence-electron chi connectivity index (χ2n) is 5.93. The number of nitrogens with zero attached hydrogens (tertiary/aromatic N) is 4. The first kappa shape index (κ1) is 17.1. The van der Waals surface area contributed by atoms with Gasteiger partial charge >= 0.3 is 0 Å². The maximum atomic E-state index is 12.3. The highest BCUT2D eigenvalue weighted by atomic mass is 32.2. The number of imidazole rings is 1. The number of pyridine rings is 1. The van der Waals surface area contributed by atoms with Crippen LogP contribution in [0.1, 0.15) is 18.3 Å². The van der Waals surface area contributed by atoms with Gasteiger partial charge in [-0.05, 0) is 19.1 Å². The number of sulfonamides is 1. The van der Waals surface area contributed by atoms with Gasteiger partial charge in [-0.3, -0.25) is 4.98 Å². The second kappa shape index (κ2) is 7.42. The molecule has 3 heterocycles. The van der Waals surface area contributed by atoms with Crippen LogP contribution < -0.4 is 0 Å². The molecule has 0 spiro atoms. The summed E-state index contributed by atoms with van der Waals surface area (Å²) in [4.78, 5) is 8.37. The van der Waals surface area contributed by atoms with Crippen molar-refractivity contribution in [3.63, 3.8) is 0 Å². The van der Waals surface area contributed by atoms with Crippen molar-refractivity contribution in [3.8, 4) is 0 Å². The third kappa shape index (κ3) is 4.00. The molecule has 7 nitrogen and oxygen atoms in total. The van der Waals surface area contributed by atoms with Gasteiger partial charge in [-0.2, -0.15) is 4.31 Å². The van der Waals surface area contributed by atoms with Crippen molar-refractivity contribution in [3.05, 3.63) is 48.3 Å². The zero-order valence-corrected chi connectivity index (χ0v) is 14.5. The zero-order valence-electron chi connectivity index (χ0n) is 13.7. The molecule has 1 aliphatic rings. The van der Waals surface area contributed by atoms with Gasteiger partial charge in [0, 0.05) is 31.4 Å². The van der Waals surface area contributed by atoms with Gasteiger partial charge < -0.3 is 9.30 Å². The summed E-state index contributed by atoms with van der Waals surface area (Å²) < 4.78 is 34.0. The third-order valence-electron chi connectivity index (χ3n) is 4.14. The van der Waals surface area contributed by atoms with Crippen molar-refractivity contribution in [1.29, 1.82) is 0 Å². The maximum absolute atomic E-state index is 12.3. The number of rotatable bonds is 6. The highest BCUT2D eigenvalue weighted by molar-refractivity contribution is 7.89. The largest absolute Gasteiger partial charge is 0.375 e. The normalized spacial score (nSPS) is 19.0. The van der Waals surface area contributed by atoms with Gasteiger partial charge in [0.15, 0.2) is 0 Å². The van der Waals surface area contributed by atoms with Crippen LogP contribution >= 0.6 is 0 Å². The molecule has 0 aliphatic carbocycles. The molecule has 0 amide bonds. The standard InChI is InChI=1S/C16H22N4O3S/c1-2-24(21,22)20-9-14(8-19-13-17-7-16(19)10-20)11-23-12-15-5-3-4-6-18-15/h3-7,13-14H,2,8-12H2,1H3/t14-/m1/s1. The summed E-state index contributed by atoms with van der Waals surface area (Å²) in [5.74, 6) is 0.174. The molecule has 2 aromatic heterocycles. The highest BCUT2D eigenvalue weighted by Gasteiger charge is 2.28. The SMILES string of the molecule is CCS(=O)(=O)N1Cc2cncn2C[C@@H](COCc2ccccn2)C1. The molecule has 0 fully saturated rings. The summed E-state index contributed by atoms with van der Waals surface area (Å²) in [5, 5.41) is 0. The van der Waals surface area contributed by atoms with Gasteiger partial charge in [-0.15, -0.1) is 0 Å². The number of fused-ring (bicyclic) bond motifs is 1. The van der Waals surface area contributed by atoms with Crippen LogP contribution in [0.5, 0.6) is 0 Å². The lowest BCUT2D eigenvalue weighted by Crippen LogP contribution is -2.36. The Labute approximate surface area is 142 Å². The molecule has 130 valence electrons. The van der Waals surface area contributed by atoms with Gasteiger partial charge in [0.1, 0.15) is 0 Å². The van der Waals surface area contributed by atoms with Crippen LogP contribution in [0.2, 0.25) is 0 Å². The molecule has 2 aromatic rings. The predicted octanol–water partition coefficient (Wildman–Crippen LogP) is 1.28. The Bertz CT molecular complexity index is 761. The van der Waals surface area contributed by atoms with E-state index in [4.69, 9.17) is 4.74 Å². The number of hydrogen-bond donors (Lipinski definition) is 0. The smallest absolute Gasteiger partial charge is 0.214 e. The minimum Gasteiger partial charge on any atom is -0.375 e. The van der Waals surface area contributed by atoms with Gasteiger partial charge in [0.2, 0.25) is 10.0 Å². The molecule has 0 bridgehead atoms. The summed E-state index contributed by atoms with van der Waals surface area (Å²) in [6, 6.07) is 5.70. The Morgan fingerprint density at radius 3 is 2.96 bits per heavy atom. The quantitative estimate of drug-likeness (QED) is 0.784. The van der Waals surface area contributed by atoms with Crippen molar-refractivity contribution in [1.82, 2.24) is 18.8 Å². The van der Waals surface area contributed by atoms with Crippen LogP contribution in [0.4, 0.5) is 0 Å². The fourth-order valence-electron chi connectivity index (χ4n) is 2.83. The Morgan fingerprint density at radius 2 is 2.21 bits per heavy atom. The molecular weight excluding hydrogens is 328 g/mol. The molecule has 0 aromatic carbocycles. The average Bonchev–Trinajstić information content (AvgIpc) is 2.94. The molecule has 0 N–H and O–H groups in total. The molecule has 3 rings (SSSR count). The highest BCUT2D eigenvalue weighted by Crippen LogP contribution is 2.19. The van der Waals surface area contributed by atoms with Crippen molar-refractivity contribution < 1.29 is 13.2 Å². The van der Waals surface area contributed by atoms with Crippen molar-refractivity contribution in [2.24, 2.45) is 5.92 Å². The molecule has 8 heteroatoms. The Kier molecular flexibility index (Phi) is 5.27. The lowest BCUT2D eigenvalue weighted by Gasteiger charge is -2.23. The maximum Gasteiger partial charge on any atom is 0.214 e. The van der Waals surface area contributed by atoms with Crippen LogP contribution in [0.3, 0.4) is 0 Å². The Morgan fingerprint density at radius 1 is 1.33 bits per heavy atom. The molecule has 0 radical (unpaired) electrons. The minimum absolute atomic E-state index is 0.0745. The number of hydrogen-bond acceptors (Lipinski definition) is 5. The monoisotopic (exact) mass is 350 g/mol. The predicted molar refractivity (Wildman–Crippen MR) is 89.5 cm³/mol. The van der Waals surface area contributed by atoms with Crippen molar-refractivity contribution in [2.75, 3.05) is 18.9 Å². The van der Waals surface area contributed by atoms with E-state index in [0.717, 1.165) is 11.4 Å². The van der Waals surface area contributed by atoms with E-state index < -0.39 is 10.0 Å². The fourth-order valence-corrected chi connectivity index (χ4v) is 3.96. The number of aromatic nitrogens is 3. The van der Waals surface area contributed by atoms with E-state index in [0.29, 0.717) is 32.8 Å². The Hall–Kier alpha value is -1.77. The van der Waals surface area contributed by atoms with E-state index in [-0.39, 0.29) is 11.7 Å². The summed E-state index contributed by atoms with van der Waals surface area (Å²) >= 11 is 0. The van der Waals surface area contributed by atoms with Crippen molar-refractivity contribution in [2.45, 2.75) is 26.6 Å². The van der Waals surface area contributed by atoms with Gasteiger partial charge in [-0.1, -0.05) is 6.07 Å². The Balaban J connectivity index is 1.68. The molecule has 1 aliphatic heterocycles. The van der Waals surface area contributed by atoms with Crippen LogP contribution in [-0.2, 0) is 34.5 Å². The van der Waals surface area contributed by atoms with Crippen LogP contribution in [0.25, 0.3) is 0 Å². The molecule has 0 saturated carbocycles. The molecular formula is C16H22N4O3S. The molecule has 24 heavy (non-hydrogen) atoms. The van der Waals surface area contributed by atoms with Crippen LogP contribution in [0, 0.1) is 5.92 Å². The van der Waals surface area contributed by atoms with Crippen LogP contribution in [0.15, 0.2) is 36.9 Å². The van der Waals surface area contributed by atoms with E-state index in [9.17, 15) is 8.42 Å². The van der Waals surface area contributed by atoms with Gasteiger partial charge in [0.25, 0.3) is 0 Å². The first-order valence-corrected chi connectivity index (χ1v) is 9.64. The number of ether oxygens (including phenoxy) is 1. The molecule has 0 saturated heterocycles. The lowest BCUT2D eigenvalue weighted by atomic mass is 10.1. The first-order valence-electron chi connectivity index (χ1n) is 8.03. The topological polar surface area (TPSA) is 77.3 Å². The van der Waals surface area contributed by atoms with Gasteiger partial charge in [-0.25, -0.2) is 13.4 Å². The summed E-state index contributed by atoms with van der Waals surface area (Å²) in [7, 11) is -3.25. The first-order chi connectivity index (χ1) is 11.6. The minimum atomic E-state index is -3.25. The van der Waals surface area contributed by atoms with Crippen LogP contribution in [-0.4, -0.2) is 46.2 Å². The lowest BCUT2D eigenvalue weighted by molar-refractivity contribution is 0.0746. The van der Waals surface area contributed by atoms with E-state index in [2.05, 4.69) is 9.97 Å². The van der Waals surface area contributed by atoms with E-state index >= 15 is 0 Å².